The molecule has 0 aliphatic heterocycles. The van der Waals surface area contributed by atoms with Gasteiger partial charge in [-0.1, -0.05) is 310 Å². The number of hydrogen-bond acceptors (Lipinski definition) is 8. The number of quaternary nitrogens is 1. The van der Waals surface area contributed by atoms with E-state index in [1.54, 1.807) is 0 Å². The highest BCUT2D eigenvalue weighted by Gasteiger charge is 2.22. The van der Waals surface area contributed by atoms with Crippen molar-refractivity contribution in [2.75, 3.05) is 47.5 Å². The molecule has 0 spiro atoms. The summed E-state index contributed by atoms with van der Waals surface area (Å²) in [5.74, 6) is -2.27. The number of unbranched alkanes of at least 4 members (excludes halogenated alkanes) is 36. The Morgan fingerprint density at radius 2 is 0.655 bits per heavy atom. The van der Waals surface area contributed by atoms with Crippen LogP contribution in [0.15, 0.2) is 97.2 Å². The lowest BCUT2D eigenvalue weighted by atomic mass is 10.0. The van der Waals surface area contributed by atoms with E-state index in [4.69, 9.17) is 18.9 Å². The smallest absolute Gasteiger partial charge is 0.306 e. The summed E-state index contributed by atoms with van der Waals surface area (Å²) in [5, 5.41) is 11.8. The van der Waals surface area contributed by atoms with Crippen LogP contribution in [0.1, 0.15) is 322 Å². The van der Waals surface area contributed by atoms with Gasteiger partial charge in [-0.25, -0.2) is 0 Å². The number of carbonyl (C=O) groups excluding carboxylic acids is 3. The molecule has 0 aromatic heterocycles. The molecule has 2 atom stereocenters. The van der Waals surface area contributed by atoms with Crippen LogP contribution in [0.3, 0.4) is 0 Å². The lowest BCUT2D eigenvalue weighted by Crippen LogP contribution is -2.44. The Kier molecular flexibility index (Phi) is 65.2. The van der Waals surface area contributed by atoms with Crippen LogP contribution >= 0.6 is 0 Å². The van der Waals surface area contributed by atoms with Gasteiger partial charge in [-0.2, -0.15) is 0 Å². The molecule has 0 heterocycles. The van der Waals surface area contributed by atoms with Gasteiger partial charge in [0, 0.05) is 12.8 Å². The van der Waals surface area contributed by atoms with Crippen LogP contribution in [-0.4, -0.2) is 82.3 Å². The molecule has 0 saturated carbocycles. The lowest BCUT2D eigenvalue weighted by molar-refractivity contribution is -0.870. The Balaban J connectivity index is 4.02. The zero-order chi connectivity index (χ0) is 63.3. The largest absolute Gasteiger partial charge is 0.545 e. The molecule has 0 saturated heterocycles. The predicted molar refractivity (Wildman–Crippen MR) is 371 cm³/mol. The third-order valence-corrected chi connectivity index (χ3v) is 15.8. The van der Waals surface area contributed by atoms with Gasteiger partial charge < -0.3 is 33.3 Å². The van der Waals surface area contributed by atoms with Crippen molar-refractivity contribution in [1.82, 2.24) is 0 Å². The fraction of sp³-hybridized carbons (Fsp3) is 0.756. The molecule has 0 aromatic carbocycles. The molecule has 0 N–H and O–H groups in total. The first-order chi connectivity index (χ1) is 42.6. The van der Waals surface area contributed by atoms with Gasteiger partial charge in [-0.3, -0.25) is 9.59 Å². The number of ether oxygens (including phenoxy) is 4. The fourth-order valence-corrected chi connectivity index (χ4v) is 10.3. The van der Waals surface area contributed by atoms with Gasteiger partial charge >= 0.3 is 11.9 Å². The molecule has 0 amide bonds. The third-order valence-electron chi connectivity index (χ3n) is 15.8. The molecule has 502 valence electrons. The van der Waals surface area contributed by atoms with E-state index in [1.165, 1.54) is 212 Å². The van der Waals surface area contributed by atoms with Crippen LogP contribution < -0.4 is 5.11 Å². The molecule has 0 rings (SSSR count). The van der Waals surface area contributed by atoms with Crippen LogP contribution in [0.25, 0.3) is 0 Å². The number of allylic oxidation sites excluding steroid dienone is 16. The Morgan fingerprint density at radius 1 is 0.356 bits per heavy atom. The molecule has 0 radical (unpaired) electrons. The van der Waals surface area contributed by atoms with E-state index in [0.29, 0.717) is 23.9 Å². The van der Waals surface area contributed by atoms with E-state index in [1.807, 2.05) is 21.1 Å². The third kappa shape index (κ3) is 69.5. The first-order valence-electron chi connectivity index (χ1n) is 36.4. The zero-order valence-corrected chi connectivity index (χ0v) is 57.4. The van der Waals surface area contributed by atoms with Crippen molar-refractivity contribution in [2.45, 2.75) is 334 Å². The quantitative estimate of drug-likeness (QED) is 0.0195. The Bertz CT molecular complexity index is 1750. The fourth-order valence-electron chi connectivity index (χ4n) is 10.3. The molecule has 0 bridgehead atoms. The van der Waals surface area contributed by atoms with Crippen molar-refractivity contribution < 1.29 is 42.9 Å². The van der Waals surface area contributed by atoms with Gasteiger partial charge in [0.25, 0.3) is 0 Å². The Morgan fingerprint density at radius 3 is 0.989 bits per heavy atom. The van der Waals surface area contributed by atoms with Gasteiger partial charge in [-0.05, 0) is 96.3 Å². The normalized spacial score (nSPS) is 13.3. The molecule has 9 nitrogen and oxygen atoms in total. The van der Waals surface area contributed by atoms with E-state index in [2.05, 4.69) is 111 Å². The van der Waals surface area contributed by atoms with Gasteiger partial charge in [0.1, 0.15) is 13.2 Å². The number of likely N-dealkylation sites (N-methyl/N-ethyl adjacent to an activating group) is 1. The number of aliphatic carboxylic acids is 1. The molecular formula is C78H137NO8. The van der Waals surface area contributed by atoms with Crippen LogP contribution in [0.2, 0.25) is 0 Å². The topological polar surface area (TPSA) is 111 Å². The van der Waals surface area contributed by atoms with E-state index >= 15 is 0 Å². The highest BCUT2D eigenvalue weighted by Crippen LogP contribution is 2.18. The molecule has 87 heavy (non-hydrogen) atoms. The maximum Gasteiger partial charge on any atom is 0.306 e. The number of carbonyl (C=O) groups is 3. The van der Waals surface area contributed by atoms with Crippen molar-refractivity contribution in [3.63, 3.8) is 0 Å². The van der Waals surface area contributed by atoms with Crippen LogP contribution in [0.5, 0.6) is 0 Å². The van der Waals surface area contributed by atoms with E-state index in [0.717, 1.165) is 77.0 Å². The predicted octanol–water partition coefficient (Wildman–Crippen LogP) is 21.5. The van der Waals surface area contributed by atoms with Crippen molar-refractivity contribution >= 4 is 17.9 Å². The van der Waals surface area contributed by atoms with Crippen molar-refractivity contribution in [3.8, 4) is 0 Å². The van der Waals surface area contributed by atoms with Crippen molar-refractivity contribution in [2.24, 2.45) is 0 Å². The van der Waals surface area contributed by atoms with Crippen LogP contribution in [-0.2, 0) is 33.3 Å². The number of rotatable bonds is 67. The maximum absolute atomic E-state index is 12.9. The number of esters is 2. The molecule has 0 aliphatic carbocycles. The second kappa shape index (κ2) is 68.1. The van der Waals surface area contributed by atoms with Gasteiger partial charge in [0.05, 0.1) is 40.3 Å². The molecule has 9 heteroatoms. The summed E-state index contributed by atoms with van der Waals surface area (Å²) in [6.45, 7) is 4.67. The second-order valence-corrected chi connectivity index (χ2v) is 25.5. The molecule has 0 fully saturated rings. The molecule has 2 unspecified atom stereocenters. The van der Waals surface area contributed by atoms with Crippen LogP contribution in [0, 0.1) is 0 Å². The number of hydrogen-bond donors (Lipinski definition) is 0. The first kappa shape index (κ1) is 83.2. The summed E-state index contributed by atoms with van der Waals surface area (Å²) >= 11 is 0. The number of carboxylic acids is 1. The highest BCUT2D eigenvalue weighted by atomic mass is 16.7. The summed E-state index contributed by atoms with van der Waals surface area (Å²) in [4.78, 5) is 37.5. The maximum atomic E-state index is 12.9. The molecule has 0 aromatic rings. The van der Waals surface area contributed by atoms with Crippen molar-refractivity contribution in [3.05, 3.63) is 97.2 Å². The van der Waals surface area contributed by atoms with Gasteiger partial charge in [-0.15, -0.1) is 0 Å². The summed E-state index contributed by atoms with van der Waals surface area (Å²) < 4.78 is 22.8. The van der Waals surface area contributed by atoms with Gasteiger partial charge in [0.2, 0.25) is 0 Å². The second-order valence-electron chi connectivity index (χ2n) is 25.5. The molecular weight excluding hydrogens is 1080 g/mol. The van der Waals surface area contributed by atoms with Gasteiger partial charge in [0.15, 0.2) is 12.4 Å². The first-order valence-corrected chi connectivity index (χ1v) is 36.4. The van der Waals surface area contributed by atoms with Crippen molar-refractivity contribution in [1.29, 1.82) is 0 Å². The van der Waals surface area contributed by atoms with E-state index in [9.17, 15) is 19.5 Å². The minimum Gasteiger partial charge on any atom is -0.545 e. The lowest BCUT2D eigenvalue weighted by Gasteiger charge is -2.26. The molecule has 0 aliphatic rings. The SMILES string of the molecule is CC/C=C\C/C=C\C/C=C\C/C=C\C/C=C\C/C=C\C/C=C\CCCCCCCCCCCCCCCCCCCCCC(=O)OC(COC(=O)CCCCCCCCCCC/C=C\CCCCCCCCCC)COC(OCC[N+](C)(C)C)C(=O)[O-]. The minimum absolute atomic E-state index is 0.147. The Hall–Kier alpha value is -3.79. The average Bonchev–Trinajstić information content (AvgIpc) is 3.59. The highest BCUT2D eigenvalue weighted by molar-refractivity contribution is 5.70. The van der Waals surface area contributed by atoms with E-state index < -0.39 is 24.3 Å². The van der Waals surface area contributed by atoms with Crippen LogP contribution in [0.4, 0.5) is 0 Å². The summed E-state index contributed by atoms with van der Waals surface area (Å²) in [7, 11) is 5.94. The summed E-state index contributed by atoms with van der Waals surface area (Å²) in [6, 6.07) is 0. The zero-order valence-electron chi connectivity index (χ0n) is 57.4. The number of carboxylic acid groups (broad SMARTS) is 1. The summed E-state index contributed by atoms with van der Waals surface area (Å²) in [5.41, 5.74) is 0. The monoisotopic (exact) mass is 1220 g/mol. The standard InChI is InChI=1S/C78H137NO8/c1-6-8-10-12-14-16-18-20-22-24-26-28-29-30-31-32-33-34-35-36-37-38-39-40-41-42-43-44-45-46-47-49-51-53-55-57-59-61-63-65-67-69-76(81)87-74(73-86-78(77(82)83)84-71-70-79(3,4)5)72-85-75(80)68-66-64-62-60-58-56-54-52-50-48-27-25-23-21-19-17-15-13-11-9-7-2/h8,10,14,16,20,22,25-28,30-31,33-34,36-37,74,78H,6-7,9,11-13,15,17-19,21,23-24,29,32,35,38-73H2,1-5H3/b10-8-,16-14-,22-20-,27-25-,28-26-,31-30-,34-33-,37-36-. The minimum atomic E-state index is -1.62. The number of nitrogens with zero attached hydrogens (tertiary/aromatic N) is 1. The Labute approximate surface area is 537 Å². The van der Waals surface area contributed by atoms with E-state index in [-0.39, 0.29) is 32.2 Å². The average molecular weight is 1220 g/mol. The summed E-state index contributed by atoms with van der Waals surface area (Å²) in [6.07, 6.45) is 90.7.